The van der Waals surface area contributed by atoms with Gasteiger partial charge in [0.05, 0.1) is 0 Å². The topological polar surface area (TPSA) is 92.4 Å². The van der Waals surface area contributed by atoms with Crippen molar-refractivity contribution in [2.24, 2.45) is 5.73 Å². The molecule has 16 heavy (non-hydrogen) atoms. The fourth-order valence-electron chi connectivity index (χ4n) is 1.25. The molecule has 0 saturated carbocycles. The summed E-state index contributed by atoms with van der Waals surface area (Å²) in [6, 6.07) is 8.80. The average Bonchev–Trinajstić information content (AvgIpc) is 2.27. The lowest BCUT2D eigenvalue weighted by Gasteiger charge is -2.23. The molecule has 1 rings (SSSR count). The molecule has 0 aromatic heterocycles. The van der Waals surface area contributed by atoms with Gasteiger partial charge >= 0.3 is 5.97 Å². The molecule has 1 atom stereocenters. The zero-order chi connectivity index (χ0) is 12.2. The van der Waals surface area contributed by atoms with E-state index in [0.29, 0.717) is 5.56 Å². The molecule has 0 bridgehead atoms. The molecule has 1 aromatic rings. The summed E-state index contributed by atoms with van der Waals surface area (Å²) >= 11 is 0. The lowest BCUT2D eigenvalue weighted by Crippen LogP contribution is -2.50. The number of carbonyl (C=O) groups is 2. The van der Waals surface area contributed by atoms with E-state index in [1.54, 1.807) is 31.2 Å². The highest BCUT2D eigenvalue weighted by Crippen LogP contribution is 2.16. The Kier molecular flexibility index (Phi) is 3.63. The van der Waals surface area contributed by atoms with Crippen LogP contribution in [0.25, 0.3) is 0 Å². The van der Waals surface area contributed by atoms with Crippen LogP contribution in [0, 0.1) is 0 Å². The second-order valence-electron chi connectivity index (χ2n) is 3.64. The summed E-state index contributed by atoms with van der Waals surface area (Å²) in [5, 5.41) is 10.7. The standard InChI is InChI=1S/C11H14N2O3/c1-11(12,8-5-3-2-4-6-8)10(16)13-7-9(14)15/h2-6H,7,12H2,1H3,(H,13,16)(H,14,15). The molecule has 1 amide bonds. The van der Waals surface area contributed by atoms with Crippen molar-refractivity contribution in [2.45, 2.75) is 12.5 Å². The third kappa shape index (κ3) is 2.80. The van der Waals surface area contributed by atoms with Crippen molar-refractivity contribution in [2.75, 3.05) is 6.54 Å². The van der Waals surface area contributed by atoms with Gasteiger partial charge in [-0.1, -0.05) is 30.3 Å². The molecular weight excluding hydrogens is 208 g/mol. The van der Waals surface area contributed by atoms with E-state index in [1.165, 1.54) is 0 Å². The molecule has 1 aromatic carbocycles. The van der Waals surface area contributed by atoms with E-state index in [1.807, 2.05) is 6.07 Å². The lowest BCUT2D eigenvalue weighted by atomic mass is 9.92. The molecule has 0 spiro atoms. The average molecular weight is 222 g/mol. The van der Waals surface area contributed by atoms with Gasteiger partial charge in [0.15, 0.2) is 0 Å². The van der Waals surface area contributed by atoms with E-state index in [2.05, 4.69) is 5.32 Å². The number of aliphatic carboxylic acids is 1. The van der Waals surface area contributed by atoms with Crippen LogP contribution in [0.2, 0.25) is 0 Å². The van der Waals surface area contributed by atoms with Crippen molar-refractivity contribution < 1.29 is 14.7 Å². The van der Waals surface area contributed by atoms with Crippen LogP contribution >= 0.6 is 0 Å². The minimum absolute atomic E-state index is 0.432. The second-order valence-corrected chi connectivity index (χ2v) is 3.64. The van der Waals surface area contributed by atoms with Crippen LogP contribution in [0.15, 0.2) is 30.3 Å². The van der Waals surface area contributed by atoms with Gasteiger partial charge in [0, 0.05) is 0 Å². The van der Waals surface area contributed by atoms with Gasteiger partial charge in [0.25, 0.3) is 0 Å². The Hall–Kier alpha value is -1.88. The number of hydrogen-bond acceptors (Lipinski definition) is 3. The normalized spacial score (nSPS) is 13.9. The molecule has 5 nitrogen and oxygen atoms in total. The molecule has 86 valence electrons. The lowest BCUT2D eigenvalue weighted by molar-refractivity contribution is -0.138. The predicted molar refractivity (Wildman–Crippen MR) is 58.6 cm³/mol. The van der Waals surface area contributed by atoms with Crippen molar-refractivity contribution in [3.05, 3.63) is 35.9 Å². The van der Waals surface area contributed by atoms with E-state index >= 15 is 0 Å². The van der Waals surface area contributed by atoms with Crippen LogP contribution in [0.3, 0.4) is 0 Å². The smallest absolute Gasteiger partial charge is 0.322 e. The molecule has 5 heteroatoms. The molecule has 0 aliphatic heterocycles. The summed E-state index contributed by atoms with van der Waals surface area (Å²) in [6.07, 6.45) is 0. The van der Waals surface area contributed by atoms with Gasteiger partial charge in [-0.3, -0.25) is 9.59 Å². The van der Waals surface area contributed by atoms with Gasteiger partial charge in [-0.05, 0) is 12.5 Å². The van der Waals surface area contributed by atoms with Crippen LogP contribution < -0.4 is 11.1 Å². The first kappa shape index (κ1) is 12.2. The maximum Gasteiger partial charge on any atom is 0.322 e. The Morgan fingerprint density at radius 2 is 1.94 bits per heavy atom. The summed E-state index contributed by atoms with van der Waals surface area (Å²) in [4.78, 5) is 22.0. The first-order valence-corrected chi connectivity index (χ1v) is 4.79. The Morgan fingerprint density at radius 3 is 2.44 bits per heavy atom. The molecule has 0 heterocycles. The molecule has 4 N–H and O–H groups in total. The van der Waals surface area contributed by atoms with Crippen molar-refractivity contribution >= 4 is 11.9 Å². The van der Waals surface area contributed by atoms with Crippen molar-refractivity contribution in [1.29, 1.82) is 0 Å². The maximum absolute atomic E-state index is 11.7. The highest BCUT2D eigenvalue weighted by molar-refractivity contribution is 5.89. The number of carboxylic acid groups (broad SMARTS) is 1. The maximum atomic E-state index is 11.7. The van der Waals surface area contributed by atoms with Gasteiger partial charge < -0.3 is 16.2 Å². The van der Waals surface area contributed by atoms with Crippen LogP contribution in [-0.4, -0.2) is 23.5 Å². The predicted octanol–water partition coefficient (Wildman–Crippen LogP) is 0.0613. The number of carbonyl (C=O) groups excluding carboxylic acids is 1. The number of benzene rings is 1. The van der Waals surface area contributed by atoms with Gasteiger partial charge in [-0.15, -0.1) is 0 Å². The van der Waals surface area contributed by atoms with E-state index in [-0.39, 0.29) is 0 Å². The van der Waals surface area contributed by atoms with Crippen molar-refractivity contribution in [3.63, 3.8) is 0 Å². The van der Waals surface area contributed by atoms with Gasteiger partial charge in [0.1, 0.15) is 12.1 Å². The van der Waals surface area contributed by atoms with Gasteiger partial charge in [0.2, 0.25) is 5.91 Å². The number of hydrogen-bond donors (Lipinski definition) is 3. The zero-order valence-corrected chi connectivity index (χ0v) is 8.93. The van der Waals surface area contributed by atoms with Crippen LogP contribution in [-0.2, 0) is 15.1 Å². The van der Waals surface area contributed by atoms with Gasteiger partial charge in [-0.25, -0.2) is 0 Å². The fourth-order valence-corrected chi connectivity index (χ4v) is 1.25. The first-order valence-electron chi connectivity index (χ1n) is 4.79. The number of carboxylic acids is 1. The van der Waals surface area contributed by atoms with Gasteiger partial charge in [-0.2, -0.15) is 0 Å². The third-order valence-electron chi connectivity index (χ3n) is 2.25. The number of nitrogens with two attached hydrogens (primary N) is 1. The highest BCUT2D eigenvalue weighted by atomic mass is 16.4. The summed E-state index contributed by atoms with van der Waals surface area (Å²) in [7, 11) is 0. The van der Waals surface area contributed by atoms with E-state index in [0.717, 1.165) is 0 Å². The fraction of sp³-hybridized carbons (Fsp3) is 0.273. The minimum Gasteiger partial charge on any atom is -0.480 e. The molecule has 0 radical (unpaired) electrons. The third-order valence-corrected chi connectivity index (χ3v) is 2.25. The Bertz CT molecular complexity index is 387. The molecule has 0 saturated heterocycles. The Balaban J connectivity index is 2.78. The zero-order valence-electron chi connectivity index (χ0n) is 8.93. The van der Waals surface area contributed by atoms with Crippen molar-refractivity contribution in [1.82, 2.24) is 5.32 Å². The summed E-state index contributed by atoms with van der Waals surface area (Å²) < 4.78 is 0. The monoisotopic (exact) mass is 222 g/mol. The van der Waals surface area contributed by atoms with Crippen LogP contribution in [0.4, 0.5) is 0 Å². The summed E-state index contributed by atoms with van der Waals surface area (Å²) in [5.74, 6) is -1.61. The number of amides is 1. The Morgan fingerprint density at radius 1 is 1.38 bits per heavy atom. The number of nitrogens with one attached hydrogen (secondary N) is 1. The quantitative estimate of drug-likeness (QED) is 0.671. The SMILES string of the molecule is CC(N)(C(=O)NCC(=O)O)c1ccccc1. The van der Waals surface area contributed by atoms with E-state index in [4.69, 9.17) is 10.8 Å². The van der Waals surface area contributed by atoms with E-state index < -0.39 is 24.0 Å². The molecule has 0 aliphatic rings. The molecular formula is C11H14N2O3. The van der Waals surface area contributed by atoms with Crippen molar-refractivity contribution in [3.8, 4) is 0 Å². The Labute approximate surface area is 93.3 Å². The molecule has 1 unspecified atom stereocenters. The molecule has 0 aliphatic carbocycles. The van der Waals surface area contributed by atoms with Crippen LogP contribution in [0.5, 0.6) is 0 Å². The summed E-state index contributed by atoms with van der Waals surface area (Å²) in [6.45, 7) is 1.11. The molecule has 0 fully saturated rings. The first-order chi connectivity index (χ1) is 7.44. The van der Waals surface area contributed by atoms with E-state index in [9.17, 15) is 9.59 Å². The van der Waals surface area contributed by atoms with Crippen LogP contribution in [0.1, 0.15) is 12.5 Å². The summed E-state index contributed by atoms with van der Waals surface area (Å²) in [5.41, 5.74) is 5.27. The number of rotatable bonds is 4. The minimum atomic E-state index is -1.23. The largest absolute Gasteiger partial charge is 0.480 e. The second kappa shape index (κ2) is 4.76. The highest BCUT2D eigenvalue weighted by Gasteiger charge is 2.30.